The lowest BCUT2D eigenvalue weighted by Crippen LogP contribution is -2.41. The van der Waals surface area contributed by atoms with Crippen LogP contribution in [0.5, 0.6) is 0 Å². The molecule has 0 spiro atoms. The van der Waals surface area contributed by atoms with Crippen LogP contribution in [0, 0.1) is 6.92 Å². The molecule has 1 aliphatic carbocycles. The molecule has 0 bridgehead atoms. The second-order valence-electron chi connectivity index (χ2n) is 9.14. The Balaban J connectivity index is 1.36. The largest absolute Gasteiger partial charge is 0.306 e. The molecule has 4 aromatic rings. The van der Waals surface area contributed by atoms with Crippen molar-refractivity contribution < 1.29 is 13.2 Å². The van der Waals surface area contributed by atoms with E-state index in [1.807, 2.05) is 26.0 Å². The molecule has 1 fully saturated rings. The van der Waals surface area contributed by atoms with Crippen molar-refractivity contribution in [2.75, 3.05) is 11.9 Å². The summed E-state index contributed by atoms with van der Waals surface area (Å²) < 4.78 is 30.8. The summed E-state index contributed by atoms with van der Waals surface area (Å²) in [4.78, 5) is 17.9. The Labute approximate surface area is 225 Å². The summed E-state index contributed by atoms with van der Waals surface area (Å²) in [5.41, 5.74) is 1.74. The van der Waals surface area contributed by atoms with Gasteiger partial charge in [-0.25, -0.2) is 13.4 Å². The number of para-hydroxylation sites is 1. The van der Waals surface area contributed by atoms with Crippen molar-refractivity contribution in [3.8, 4) is 5.13 Å². The molecule has 194 valence electrons. The van der Waals surface area contributed by atoms with Crippen LogP contribution in [0.25, 0.3) is 15.3 Å². The van der Waals surface area contributed by atoms with Crippen LogP contribution in [0.15, 0.2) is 53.4 Å². The third-order valence-electron chi connectivity index (χ3n) is 6.63. The summed E-state index contributed by atoms with van der Waals surface area (Å²) in [6.45, 7) is 4.13. The molecule has 0 aliphatic heterocycles. The first-order valence-corrected chi connectivity index (χ1v) is 15.0. The Morgan fingerprint density at radius 1 is 1.16 bits per heavy atom. The van der Waals surface area contributed by atoms with E-state index in [9.17, 15) is 13.2 Å². The molecule has 1 saturated carbocycles. The van der Waals surface area contributed by atoms with Gasteiger partial charge in [0.25, 0.3) is 5.91 Å². The number of fused-ring (bicyclic) bond motifs is 1. The number of nitrogens with zero attached hydrogens (tertiary/aromatic N) is 4. The predicted octanol–water partition coefficient (Wildman–Crippen LogP) is 6.04. The molecule has 0 unspecified atom stereocenters. The molecule has 11 heteroatoms. The molecule has 8 nitrogen and oxygen atoms in total. The van der Waals surface area contributed by atoms with Crippen LogP contribution in [0.4, 0.5) is 5.82 Å². The van der Waals surface area contributed by atoms with Crippen LogP contribution in [0.1, 0.15) is 55.1 Å². The van der Waals surface area contributed by atoms with Gasteiger partial charge in [0, 0.05) is 24.2 Å². The molecule has 2 aromatic carbocycles. The molecular formula is C26H28ClN5O3S2. The normalized spacial score (nSPS) is 14.9. The highest BCUT2D eigenvalue weighted by molar-refractivity contribution is 7.89. The van der Waals surface area contributed by atoms with Gasteiger partial charge in [-0.3, -0.25) is 4.79 Å². The second kappa shape index (κ2) is 10.5. The molecule has 0 saturated heterocycles. The number of carbonyl (C=O) groups excluding carboxylic acids is 1. The third-order valence-corrected chi connectivity index (χ3v) is 9.97. The number of nitrogens with one attached hydrogen (secondary N) is 1. The van der Waals surface area contributed by atoms with Gasteiger partial charge in [0.05, 0.1) is 20.3 Å². The van der Waals surface area contributed by atoms with Crippen LogP contribution in [-0.2, 0) is 10.0 Å². The molecule has 5 rings (SSSR count). The van der Waals surface area contributed by atoms with E-state index in [-0.39, 0.29) is 16.8 Å². The van der Waals surface area contributed by atoms with E-state index in [0.29, 0.717) is 39.3 Å². The number of anilines is 1. The van der Waals surface area contributed by atoms with Crippen molar-refractivity contribution in [1.82, 2.24) is 19.1 Å². The predicted molar refractivity (Wildman–Crippen MR) is 147 cm³/mol. The van der Waals surface area contributed by atoms with Crippen molar-refractivity contribution in [2.24, 2.45) is 0 Å². The van der Waals surface area contributed by atoms with Gasteiger partial charge in [0.15, 0.2) is 0 Å². The maximum Gasteiger partial charge on any atom is 0.256 e. The fourth-order valence-corrected chi connectivity index (χ4v) is 7.75. The van der Waals surface area contributed by atoms with Crippen LogP contribution in [0.3, 0.4) is 0 Å². The number of carbonyl (C=O) groups is 1. The lowest BCUT2D eigenvalue weighted by atomic mass is 9.95. The van der Waals surface area contributed by atoms with E-state index < -0.39 is 10.0 Å². The fourth-order valence-electron chi connectivity index (χ4n) is 4.82. The van der Waals surface area contributed by atoms with E-state index in [2.05, 4.69) is 15.4 Å². The highest BCUT2D eigenvalue weighted by atomic mass is 35.5. The molecule has 1 amide bonds. The van der Waals surface area contributed by atoms with E-state index in [0.717, 1.165) is 36.8 Å². The number of thiazole rings is 1. The smallest absolute Gasteiger partial charge is 0.256 e. The van der Waals surface area contributed by atoms with Crippen LogP contribution in [0.2, 0.25) is 5.02 Å². The van der Waals surface area contributed by atoms with E-state index >= 15 is 0 Å². The Hall–Kier alpha value is -2.79. The van der Waals surface area contributed by atoms with Gasteiger partial charge >= 0.3 is 0 Å². The van der Waals surface area contributed by atoms with Crippen LogP contribution in [-0.4, -0.2) is 46.0 Å². The maximum atomic E-state index is 13.3. The van der Waals surface area contributed by atoms with E-state index in [4.69, 9.17) is 11.6 Å². The Kier molecular flexibility index (Phi) is 7.35. The summed E-state index contributed by atoms with van der Waals surface area (Å²) in [6.07, 6.45) is 5.04. The summed E-state index contributed by atoms with van der Waals surface area (Å²) in [6, 6.07) is 13.5. The Morgan fingerprint density at radius 3 is 2.57 bits per heavy atom. The molecule has 2 heterocycles. The highest BCUT2D eigenvalue weighted by Crippen LogP contribution is 2.32. The monoisotopic (exact) mass is 557 g/mol. The van der Waals surface area contributed by atoms with Gasteiger partial charge in [-0.1, -0.05) is 55.2 Å². The zero-order chi connectivity index (χ0) is 26.2. The number of aromatic nitrogens is 3. The summed E-state index contributed by atoms with van der Waals surface area (Å²) >= 11 is 7.70. The zero-order valence-corrected chi connectivity index (χ0v) is 23.0. The molecule has 1 aliphatic rings. The lowest BCUT2D eigenvalue weighted by molar-refractivity contribution is 0.102. The average Bonchev–Trinajstić information content (AvgIpc) is 3.49. The average molecular weight is 558 g/mol. The number of amides is 1. The molecule has 0 atom stereocenters. The minimum Gasteiger partial charge on any atom is -0.306 e. The second-order valence-corrected chi connectivity index (χ2v) is 12.5. The van der Waals surface area contributed by atoms with Crippen LogP contribution >= 0.6 is 22.9 Å². The van der Waals surface area contributed by atoms with Gasteiger partial charge in [0.2, 0.25) is 15.2 Å². The minimum absolute atomic E-state index is 0.0349. The minimum atomic E-state index is -3.64. The molecular weight excluding hydrogens is 530 g/mol. The molecule has 0 radical (unpaired) electrons. The Morgan fingerprint density at radius 2 is 1.89 bits per heavy atom. The van der Waals surface area contributed by atoms with Gasteiger partial charge < -0.3 is 5.32 Å². The highest BCUT2D eigenvalue weighted by Gasteiger charge is 2.31. The number of aryl methyl sites for hydroxylation is 1. The number of hydrogen-bond acceptors (Lipinski definition) is 6. The van der Waals surface area contributed by atoms with Gasteiger partial charge in [-0.15, -0.1) is 0 Å². The van der Waals surface area contributed by atoms with Crippen molar-refractivity contribution in [3.63, 3.8) is 0 Å². The van der Waals surface area contributed by atoms with E-state index in [1.165, 1.54) is 23.5 Å². The van der Waals surface area contributed by atoms with Crippen molar-refractivity contribution in [3.05, 3.63) is 64.8 Å². The van der Waals surface area contributed by atoms with Crippen molar-refractivity contribution >= 4 is 54.9 Å². The maximum absolute atomic E-state index is 13.3. The van der Waals surface area contributed by atoms with Crippen molar-refractivity contribution in [2.45, 2.75) is 56.9 Å². The topological polar surface area (TPSA) is 97.2 Å². The van der Waals surface area contributed by atoms with Crippen molar-refractivity contribution in [1.29, 1.82) is 0 Å². The first-order valence-electron chi connectivity index (χ1n) is 12.3. The standard InChI is InChI=1S/C26H28ClN5O3S2/c1-3-31(19-8-5-4-6-9-19)37(34,35)20-14-12-18(13-15-20)25(33)28-23-16-17(2)30-32(23)26-29-24-21(27)10-7-11-22(24)36-26/h7,10-16,19H,3-6,8-9H2,1-2H3,(H,28,33). The number of halogens is 1. The van der Waals surface area contributed by atoms with Gasteiger partial charge in [0.1, 0.15) is 11.3 Å². The number of sulfonamides is 1. The molecule has 37 heavy (non-hydrogen) atoms. The third kappa shape index (κ3) is 5.16. The SMILES string of the molecule is CCN(C1CCCCC1)S(=O)(=O)c1ccc(C(=O)Nc2cc(C)nn2-c2nc3c(Cl)cccc3s2)cc1. The summed E-state index contributed by atoms with van der Waals surface area (Å²) in [5.74, 6) is 0.0905. The van der Waals surface area contributed by atoms with Gasteiger partial charge in [-0.05, 0) is 56.2 Å². The Bertz CT molecular complexity index is 1540. The number of rotatable bonds is 7. The lowest BCUT2D eigenvalue weighted by Gasteiger charge is -2.32. The van der Waals surface area contributed by atoms with Crippen LogP contribution < -0.4 is 5.32 Å². The zero-order valence-electron chi connectivity index (χ0n) is 20.6. The number of benzene rings is 2. The fraction of sp³-hybridized carbons (Fsp3) is 0.346. The summed E-state index contributed by atoms with van der Waals surface area (Å²) in [7, 11) is -3.64. The van der Waals surface area contributed by atoms with E-state index in [1.54, 1.807) is 33.3 Å². The molecule has 1 N–H and O–H groups in total. The molecule has 2 aromatic heterocycles. The first kappa shape index (κ1) is 25.8. The first-order chi connectivity index (χ1) is 17.8. The number of hydrogen-bond donors (Lipinski definition) is 1. The quantitative estimate of drug-likeness (QED) is 0.299. The van der Waals surface area contributed by atoms with Gasteiger partial charge in [-0.2, -0.15) is 14.1 Å². The summed E-state index contributed by atoms with van der Waals surface area (Å²) in [5, 5.41) is 8.51.